The number of ether oxygens (including phenoxy) is 1. The number of aryl methyl sites for hydroxylation is 1. The zero-order chi connectivity index (χ0) is 17.9. The molecule has 0 unspecified atom stereocenters. The molecule has 1 aromatic carbocycles. The number of aromatic nitrogens is 4. The molecular formula is C19H22N6O. The van der Waals surface area contributed by atoms with Gasteiger partial charge in [0.15, 0.2) is 5.82 Å². The minimum Gasteiger partial charge on any atom is -0.496 e. The fourth-order valence-corrected chi connectivity index (χ4v) is 2.87. The highest BCUT2D eigenvalue weighted by Crippen LogP contribution is 2.39. The second-order valence-corrected chi connectivity index (χ2v) is 6.49. The summed E-state index contributed by atoms with van der Waals surface area (Å²) in [4.78, 5) is 9.00. The lowest BCUT2D eigenvalue weighted by atomic mass is 10.2. The Labute approximate surface area is 152 Å². The van der Waals surface area contributed by atoms with Gasteiger partial charge in [0.05, 0.1) is 7.11 Å². The van der Waals surface area contributed by atoms with Crippen LogP contribution in [0, 0.1) is 6.92 Å². The monoisotopic (exact) mass is 350 g/mol. The van der Waals surface area contributed by atoms with Crippen molar-refractivity contribution < 1.29 is 4.74 Å². The molecule has 3 aromatic rings. The summed E-state index contributed by atoms with van der Waals surface area (Å²) in [5.41, 5.74) is 3.12. The number of anilines is 3. The summed E-state index contributed by atoms with van der Waals surface area (Å²) in [6, 6.07) is 11.8. The van der Waals surface area contributed by atoms with E-state index in [2.05, 4.69) is 36.9 Å². The Balaban J connectivity index is 1.46. The second-order valence-electron chi connectivity index (χ2n) is 6.49. The van der Waals surface area contributed by atoms with Gasteiger partial charge in [-0.1, -0.05) is 18.2 Å². The van der Waals surface area contributed by atoms with Crippen LogP contribution in [0.2, 0.25) is 0 Å². The molecule has 2 aromatic heterocycles. The van der Waals surface area contributed by atoms with Gasteiger partial charge in [-0.15, -0.1) is 0 Å². The molecule has 1 saturated carbocycles. The molecule has 1 aliphatic carbocycles. The van der Waals surface area contributed by atoms with Gasteiger partial charge < -0.3 is 15.4 Å². The van der Waals surface area contributed by atoms with Crippen molar-refractivity contribution in [3.05, 3.63) is 53.3 Å². The van der Waals surface area contributed by atoms with Crippen molar-refractivity contribution in [1.29, 1.82) is 0 Å². The molecule has 1 fully saturated rings. The summed E-state index contributed by atoms with van der Waals surface area (Å²) in [5, 5.41) is 13.9. The summed E-state index contributed by atoms with van der Waals surface area (Å²) in [6.45, 7) is 2.53. The third-order valence-electron chi connectivity index (χ3n) is 4.35. The topological polar surface area (TPSA) is 87.8 Å². The van der Waals surface area contributed by atoms with E-state index in [1.165, 1.54) is 18.5 Å². The Morgan fingerprint density at radius 3 is 2.81 bits per heavy atom. The summed E-state index contributed by atoms with van der Waals surface area (Å²) < 4.78 is 5.38. The van der Waals surface area contributed by atoms with Crippen molar-refractivity contribution in [2.75, 3.05) is 17.7 Å². The predicted molar refractivity (Wildman–Crippen MR) is 101 cm³/mol. The zero-order valence-corrected chi connectivity index (χ0v) is 14.9. The van der Waals surface area contributed by atoms with Gasteiger partial charge in [-0.2, -0.15) is 10.1 Å². The van der Waals surface area contributed by atoms with Gasteiger partial charge in [0.2, 0.25) is 5.95 Å². The number of rotatable bonds is 7. The lowest BCUT2D eigenvalue weighted by Gasteiger charge is -2.11. The highest BCUT2D eigenvalue weighted by atomic mass is 16.5. The van der Waals surface area contributed by atoms with Crippen LogP contribution in [0.3, 0.4) is 0 Å². The normalized spacial score (nSPS) is 13.5. The molecule has 1 aliphatic rings. The number of H-pyrrole nitrogens is 1. The van der Waals surface area contributed by atoms with E-state index in [9.17, 15) is 0 Å². The maximum atomic E-state index is 5.38. The molecule has 0 bridgehead atoms. The summed E-state index contributed by atoms with van der Waals surface area (Å²) in [6.07, 6.45) is 2.48. The fraction of sp³-hybridized carbons (Fsp3) is 0.316. The number of benzene rings is 1. The van der Waals surface area contributed by atoms with Crippen LogP contribution in [0.25, 0.3) is 0 Å². The van der Waals surface area contributed by atoms with Crippen molar-refractivity contribution >= 4 is 17.6 Å². The number of hydrogen-bond acceptors (Lipinski definition) is 6. The lowest BCUT2D eigenvalue weighted by Crippen LogP contribution is -2.07. The number of para-hydroxylation sites is 1. The quantitative estimate of drug-likeness (QED) is 0.601. The molecule has 0 spiro atoms. The third kappa shape index (κ3) is 3.77. The van der Waals surface area contributed by atoms with Gasteiger partial charge in [0.25, 0.3) is 0 Å². The lowest BCUT2D eigenvalue weighted by molar-refractivity contribution is 0.410. The van der Waals surface area contributed by atoms with E-state index >= 15 is 0 Å². The molecule has 2 heterocycles. The molecule has 0 saturated heterocycles. The molecule has 0 amide bonds. The van der Waals surface area contributed by atoms with Crippen molar-refractivity contribution in [1.82, 2.24) is 20.2 Å². The van der Waals surface area contributed by atoms with Crippen LogP contribution in [0.5, 0.6) is 5.75 Å². The molecule has 26 heavy (non-hydrogen) atoms. The molecule has 7 nitrogen and oxygen atoms in total. The van der Waals surface area contributed by atoms with Gasteiger partial charge in [-0.05, 0) is 25.8 Å². The van der Waals surface area contributed by atoms with Crippen LogP contribution in [0.15, 0.2) is 36.4 Å². The minimum atomic E-state index is 0.566. The smallest absolute Gasteiger partial charge is 0.225 e. The molecule has 7 heteroatoms. The highest BCUT2D eigenvalue weighted by Gasteiger charge is 2.25. The third-order valence-corrected chi connectivity index (χ3v) is 4.35. The van der Waals surface area contributed by atoms with E-state index in [0.29, 0.717) is 24.2 Å². The molecule has 0 radical (unpaired) electrons. The molecule has 3 N–H and O–H groups in total. The number of aromatic amines is 1. The van der Waals surface area contributed by atoms with E-state index in [1.807, 2.05) is 37.3 Å². The Morgan fingerprint density at radius 2 is 2.00 bits per heavy atom. The Kier molecular flexibility index (Phi) is 4.43. The summed E-state index contributed by atoms with van der Waals surface area (Å²) in [5.74, 6) is 3.55. The first-order valence-corrected chi connectivity index (χ1v) is 8.75. The number of nitrogens with zero attached hydrogens (tertiary/aromatic N) is 3. The Bertz CT molecular complexity index is 903. The standard InChI is InChI=1S/C19H22N6O/c1-12-9-17(22-18-10-15(24-25-18)13-7-8-13)23-19(21-12)20-11-14-5-3-4-6-16(14)26-2/h3-6,9-10,13H,7-8,11H2,1-2H3,(H3,20,21,22,23,24,25). The Morgan fingerprint density at radius 1 is 1.15 bits per heavy atom. The zero-order valence-electron chi connectivity index (χ0n) is 14.9. The molecule has 0 atom stereocenters. The van der Waals surface area contributed by atoms with E-state index in [0.717, 1.165) is 22.8 Å². The predicted octanol–water partition coefficient (Wildman–Crippen LogP) is 3.75. The molecule has 134 valence electrons. The van der Waals surface area contributed by atoms with Crippen molar-refractivity contribution in [3.63, 3.8) is 0 Å². The van der Waals surface area contributed by atoms with Crippen molar-refractivity contribution in [3.8, 4) is 5.75 Å². The summed E-state index contributed by atoms with van der Waals surface area (Å²) >= 11 is 0. The molecule has 0 aliphatic heterocycles. The van der Waals surface area contributed by atoms with Gasteiger partial charge in [0.1, 0.15) is 11.6 Å². The van der Waals surface area contributed by atoms with Crippen LogP contribution < -0.4 is 15.4 Å². The first-order chi connectivity index (χ1) is 12.7. The van der Waals surface area contributed by atoms with Gasteiger partial charge in [-0.25, -0.2) is 4.98 Å². The van der Waals surface area contributed by atoms with Crippen molar-refractivity contribution in [2.45, 2.75) is 32.2 Å². The number of nitrogens with one attached hydrogen (secondary N) is 3. The minimum absolute atomic E-state index is 0.566. The first kappa shape index (κ1) is 16.4. The van der Waals surface area contributed by atoms with Gasteiger partial charge in [-0.3, -0.25) is 5.10 Å². The molecule has 4 rings (SSSR count). The number of hydrogen-bond donors (Lipinski definition) is 3. The average molecular weight is 350 g/mol. The summed E-state index contributed by atoms with van der Waals surface area (Å²) in [7, 11) is 1.67. The average Bonchev–Trinajstić information content (AvgIpc) is 3.39. The molecular weight excluding hydrogens is 328 g/mol. The first-order valence-electron chi connectivity index (χ1n) is 8.75. The van der Waals surface area contributed by atoms with E-state index in [1.54, 1.807) is 7.11 Å². The van der Waals surface area contributed by atoms with Crippen LogP contribution in [0.1, 0.15) is 35.7 Å². The van der Waals surface area contributed by atoms with Crippen LogP contribution in [-0.4, -0.2) is 27.3 Å². The van der Waals surface area contributed by atoms with Crippen LogP contribution >= 0.6 is 0 Å². The van der Waals surface area contributed by atoms with E-state index in [-0.39, 0.29) is 0 Å². The van der Waals surface area contributed by atoms with E-state index in [4.69, 9.17) is 4.74 Å². The van der Waals surface area contributed by atoms with E-state index < -0.39 is 0 Å². The number of methoxy groups -OCH3 is 1. The maximum Gasteiger partial charge on any atom is 0.225 e. The van der Waals surface area contributed by atoms with Gasteiger partial charge in [0, 0.05) is 41.5 Å². The SMILES string of the molecule is COc1ccccc1CNc1nc(C)cc(Nc2cc(C3CC3)[nH]n2)n1. The second kappa shape index (κ2) is 7.03. The fourth-order valence-electron chi connectivity index (χ4n) is 2.87. The van der Waals surface area contributed by atoms with Gasteiger partial charge >= 0.3 is 0 Å². The van der Waals surface area contributed by atoms with Crippen LogP contribution in [0.4, 0.5) is 17.6 Å². The van der Waals surface area contributed by atoms with Crippen LogP contribution in [-0.2, 0) is 6.54 Å². The highest BCUT2D eigenvalue weighted by molar-refractivity contribution is 5.54. The van der Waals surface area contributed by atoms with Crippen molar-refractivity contribution in [2.24, 2.45) is 0 Å². The largest absolute Gasteiger partial charge is 0.496 e. The maximum absolute atomic E-state index is 5.38. The Hall–Kier alpha value is -3.09.